The van der Waals surface area contributed by atoms with Gasteiger partial charge in [-0.05, 0) is 43.2 Å². The van der Waals surface area contributed by atoms with Crippen LogP contribution in [-0.4, -0.2) is 19.3 Å². The van der Waals surface area contributed by atoms with Crippen LogP contribution in [0.15, 0.2) is 70.4 Å². The quantitative estimate of drug-likeness (QED) is 0.692. The first-order valence-corrected chi connectivity index (χ1v) is 10.3. The van der Waals surface area contributed by atoms with E-state index in [0.29, 0.717) is 11.3 Å². The van der Waals surface area contributed by atoms with Crippen molar-refractivity contribution in [2.24, 2.45) is 0 Å². The van der Waals surface area contributed by atoms with Gasteiger partial charge in [-0.25, -0.2) is 8.42 Å². The molecule has 0 bridgehead atoms. The average molecular weight is 396 g/mol. The number of sulfone groups is 1. The second kappa shape index (κ2) is 7.82. The highest BCUT2D eigenvalue weighted by molar-refractivity contribution is 7.90. The Kier molecular flexibility index (Phi) is 5.46. The Morgan fingerprint density at radius 1 is 1.00 bits per heavy atom. The van der Waals surface area contributed by atoms with Crippen LogP contribution in [0.4, 0.5) is 5.69 Å². The van der Waals surface area contributed by atoms with Crippen LogP contribution in [0, 0.1) is 13.8 Å². The molecule has 1 amide bonds. The van der Waals surface area contributed by atoms with Crippen molar-refractivity contribution in [3.05, 3.63) is 93.4 Å². The molecule has 3 aromatic rings. The number of amides is 1. The molecule has 3 rings (SSSR count). The number of pyridine rings is 1. The fourth-order valence-corrected chi connectivity index (χ4v) is 4.37. The smallest absolute Gasteiger partial charge is 0.271 e. The summed E-state index contributed by atoms with van der Waals surface area (Å²) < 4.78 is 25.8. The predicted octanol–water partition coefficient (Wildman–Crippen LogP) is 3.22. The summed E-state index contributed by atoms with van der Waals surface area (Å²) in [7, 11) is -3.75. The topological polar surface area (TPSA) is 96.1 Å². The van der Waals surface area contributed by atoms with Crippen molar-refractivity contribution < 1.29 is 13.2 Å². The van der Waals surface area contributed by atoms with Crippen molar-refractivity contribution in [2.75, 3.05) is 5.32 Å². The molecule has 1 aromatic heterocycles. The molecule has 0 atom stereocenters. The summed E-state index contributed by atoms with van der Waals surface area (Å²) in [5.74, 6) is -0.872. The second-order valence-corrected chi connectivity index (χ2v) is 8.47. The summed E-state index contributed by atoms with van der Waals surface area (Å²) in [6.45, 7) is 3.56. The first kappa shape index (κ1) is 19.6. The highest BCUT2D eigenvalue weighted by Crippen LogP contribution is 2.21. The van der Waals surface area contributed by atoms with E-state index >= 15 is 0 Å². The minimum atomic E-state index is -3.75. The van der Waals surface area contributed by atoms with Crippen LogP contribution in [0.3, 0.4) is 0 Å². The number of H-pyrrole nitrogens is 1. The van der Waals surface area contributed by atoms with Crippen molar-refractivity contribution in [3.8, 4) is 0 Å². The third kappa shape index (κ3) is 4.20. The van der Waals surface area contributed by atoms with Gasteiger partial charge in [0.2, 0.25) is 0 Å². The Bertz CT molecular complexity index is 1180. The lowest BCUT2D eigenvalue weighted by atomic mass is 10.2. The van der Waals surface area contributed by atoms with Crippen LogP contribution in [0.25, 0.3) is 0 Å². The first-order chi connectivity index (χ1) is 13.3. The van der Waals surface area contributed by atoms with Gasteiger partial charge in [0.25, 0.3) is 11.5 Å². The SMILES string of the molecule is Cc1cc(NC(=O)c2ccccc2S(=O)(=O)Cc2ccccc2)c(=O)[nH]c1C. The van der Waals surface area contributed by atoms with Crippen molar-refractivity contribution in [1.82, 2.24) is 4.98 Å². The van der Waals surface area contributed by atoms with Crippen LogP contribution in [0.1, 0.15) is 27.2 Å². The molecule has 28 heavy (non-hydrogen) atoms. The van der Waals surface area contributed by atoms with Gasteiger partial charge in [0.05, 0.1) is 16.2 Å². The van der Waals surface area contributed by atoms with Crippen LogP contribution in [0.5, 0.6) is 0 Å². The van der Waals surface area contributed by atoms with Crippen LogP contribution < -0.4 is 10.9 Å². The molecule has 0 aliphatic heterocycles. The third-order valence-corrected chi connectivity index (χ3v) is 6.15. The van der Waals surface area contributed by atoms with Crippen molar-refractivity contribution in [1.29, 1.82) is 0 Å². The predicted molar refractivity (Wildman–Crippen MR) is 108 cm³/mol. The van der Waals surface area contributed by atoms with E-state index in [4.69, 9.17) is 0 Å². The molecule has 0 fully saturated rings. The first-order valence-electron chi connectivity index (χ1n) is 8.65. The monoisotopic (exact) mass is 396 g/mol. The Morgan fingerprint density at radius 3 is 2.36 bits per heavy atom. The van der Waals surface area contributed by atoms with Gasteiger partial charge in [-0.1, -0.05) is 42.5 Å². The summed E-state index contributed by atoms with van der Waals surface area (Å²) in [4.78, 5) is 27.4. The number of benzene rings is 2. The molecule has 1 heterocycles. The van der Waals surface area contributed by atoms with Gasteiger partial charge < -0.3 is 10.3 Å². The molecule has 2 aromatic carbocycles. The number of aromatic amines is 1. The van der Waals surface area contributed by atoms with Gasteiger partial charge >= 0.3 is 0 Å². The Hall–Kier alpha value is -3.19. The normalized spacial score (nSPS) is 11.2. The number of carbonyl (C=O) groups is 1. The number of aryl methyl sites for hydroxylation is 2. The van der Waals surface area contributed by atoms with Crippen molar-refractivity contribution >= 4 is 21.4 Å². The number of carbonyl (C=O) groups excluding carboxylic acids is 1. The largest absolute Gasteiger partial charge is 0.324 e. The maximum absolute atomic E-state index is 12.9. The van der Waals surface area contributed by atoms with Gasteiger partial charge in [0, 0.05) is 5.69 Å². The zero-order chi connectivity index (χ0) is 20.3. The summed E-state index contributed by atoms with van der Waals surface area (Å²) in [5.41, 5.74) is 1.76. The van der Waals surface area contributed by atoms with E-state index in [2.05, 4.69) is 10.3 Å². The van der Waals surface area contributed by atoms with Crippen molar-refractivity contribution in [3.63, 3.8) is 0 Å². The number of hydrogen-bond acceptors (Lipinski definition) is 4. The Morgan fingerprint density at radius 2 is 1.64 bits per heavy atom. The summed E-state index contributed by atoms with van der Waals surface area (Å²) in [6.07, 6.45) is 0. The number of hydrogen-bond donors (Lipinski definition) is 2. The maximum atomic E-state index is 12.9. The Balaban J connectivity index is 1.95. The molecule has 0 saturated carbocycles. The third-order valence-electron chi connectivity index (χ3n) is 4.41. The van der Waals surface area contributed by atoms with E-state index in [1.807, 2.05) is 0 Å². The minimum absolute atomic E-state index is 0.00365. The van der Waals surface area contributed by atoms with E-state index in [0.717, 1.165) is 5.56 Å². The lowest BCUT2D eigenvalue weighted by Crippen LogP contribution is -2.22. The molecule has 0 radical (unpaired) electrons. The molecule has 0 unspecified atom stereocenters. The molecule has 144 valence electrons. The fourth-order valence-electron chi connectivity index (χ4n) is 2.81. The molecule has 0 spiro atoms. The lowest BCUT2D eigenvalue weighted by Gasteiger charge is -2.11. The van der Waals surface area contributed by atoms with E-state index in [-0.39, 0.29) is 21.9 Å². The van der Waals surface area contributed by atoms with Crippen LogP contribution in [0.2, 0.25) is 0 Å². The molecule has 6 nitrogen and oxygen atoms in total. The highest BCUT2D eigenvalue weighted by Gasteiger charge is 2.23. The summed E-state index contributed by atoms with van der Waals surface area (Å²) in [6, 6.07) is 16.3. The highest BCUT2D eigenvalue weighted by atomic mass is 32.2. The molecule has 0 aliphatic rings. The van der Waals surface area contributed by atoms with Crippen molar-refractivity contribution in [2.45, 2.75) is 24.5 Å². The number of aromatic nitrogens is 1. The van der Waals surface area contributed by atoms with Crippen LogP contribution >= 0.6 is 0 Å². The fraction of sp³-hybridized carbons (Fsp3) is 0.143. The molecular formula is C21H20N2O4S. The zero-order valence-electron chi connectivity index (χ0n) is 15.5. The molecule has 2 N–H and O–H groups in total. The van der Waals surface area contributed by atoms with Gasteiger partial charge in [0.1, 0.15) is 5.69 Å². The maximum Gasteiger partial charge on any atom is 0.271 e. The van der Waals surface area contributed by atoms with E-state index in [9.17, 15) is 18.0 Å². The van der Waals surface area contributed by atoms with E-state index in [1.54, 1.807) is 62.4 Å². The summed E-state index contributed by atoms with van der Waals surface area (Å²) >= 11 is 0. The van der Waals surface area contributed by atoms with Gasteiger partial charge in [-0.15, -0.1) is 0 Å². The summed E-state index contributed by atoms with van der Waals surface area (Å²) in [5, 5.41) is 2.52. The zero-order valence-corrected chi connectivity index (χ0v) is 16.3. The standard InChI is InChI=1S/C21H20N2O4S/c1-14-12-18(21(25)22-15(14)2)23-20(24)17-10-6-7-11-19(17)28(26,27)13-16-8-4-3-5-9-16/h3-12H,13H2,1-2H3,(H,22,25)(H,23,24). The van der Waals surface area contributed by atoms with Crippen LogP contribution in [-0.2, 0) is 15.6 Å². The number of anilines is 1. The molecule has 0 saturated heterocycles. The molecular weight excluding hydrogens is 376 g/mol. The van der Waals surface area contributed by atoms with E-state index < -0.39 is 21.3 Å². The number of nitrogens with one attached hydrogen (secondary N) is 2. The second-order valence-electron chi connectivity index (χ2n) is 6.52. The number of rotatable bonds is 5. The Labute approximate surface area is 163 Å². The lowest BCUT2D eigenvalue weighted by molar-refractivity contribution is 0.102. The minimum Gasteiger partial charge on any atom is -0.324 e. The van der Waals surface area contributed by atoms with E-state index in [1.165, 1.54) is 12.1 Å². The van der Waals surface area contributed by atoms with Gasteiger partial charge in [-0.3, -0.25) is 9.59 Å². The molecule has 0 aliphatic carbocycles. The molecule has 7 heteroatoms. The average Bonchev–Trinajstić information content (AvgIpc) is 2.66. The van der Waals surface area contributed by atoms with Gasteiger partial charge in [-0.2, -0.15) is 0 Å². The van der Waals surface area contributed by atoms with Gasteiger partial charge in [0.15, 0.2) is 9.84 Å².